The number of halogens is 1. The third-order valence-corrected chi connectivity index (χ3v) is 3.35. The van der Waals surface area contributed by atoms with Gasteiger partial charge in [0.1, 0.15) is 11.6 Å². The molecule has 3 rings (SSSR count). The van der Waals surface area contributed by atoms with Crippen molar-refractivity contribution in [1.82, 2.24) is 10.3 Å². The van der Waals surface area contributed by atoms with Gasteiger partial charge in [0.2, 0.25) is 0 Å². The predicted molar refractivity (Wildman–Crippen MR) is 76.4 cm³/mol. The van der Waals surface area contributed by atoms with E-state index in [-0.39, 0.29) is 17.9 Å². The van der Waals surface area contributed by atoms with E-state index in [0.717, 1.165) is 17.4 Å². The zero-order valence-electron chi connectivity index (χ0n) is 11.5. The third kappa shape index (κ3) is 2.19. The van der Waals surface area contributed by atoms with Crippen molar-refractivity contribution in [2.45, 2.75) is 26.3 Å². The number of aromatic nitrogens is 1. The molecule has 1 aromatic heterocycles. The van der Waals surface area contributed by atoms with E-state index in [9.17, 15) is 9.18 Å². The van der Waals surface area contributed by atoms with Crippen LogP contribution in [0.2, 0.25) is 0 Å². The van der Waals surface area contributed by atoms with E-state index < -0.39 is 0 Å². The van der Waals surface area contributed by atoms with Gasteiger partial charge in [0.05, 0.1) is 5.52 Å². The second-order valence-electron chi connectivity index (χ2n) is 5.31. The first-order valence-electron chi connectivity index (χ1n) is 6.72. The fourth-order valence-electron chi connectivity index (χ4n) is 2.45. The number of carbonyl (C=O) groups excluding carboxylic acids is 1. The fraction of sp³-hybridized carbons (Fsp3) is 0.333. The van der Waals surface area contributed by atoms with Gasteiger partial charge in [-0.3, -0.25) is 4.90 Å². The molecule has 2 aromatic rings. The molecule has 0 radical (unpaired) electrons. The molecule has 104 valence electrons. The summed E-state index contributed by atoms with van der Waals surface area (Å²) in [4.78, 5) is 18.2. The van der Waals surface area contributed by atoms with Crippen LogP contribution in [-0.4, -0.2) is 23.6 Å². The normalized spacial score (nSPS) is 13.9. The van der Waals surface area contributed by atoms with Gasteiger partial charge >= 0.3 is 6.03 Å². The molecule has 0 saturated carbocycles. The van der Waals surface area contributed by atoms with Gasteiger partial charge in [-0.05, 0) is 44.0 Å². The molecule has 2 amide bonds. The highest BCUT2D eigenvalue weighted by atomic mass is 19.1. The Bertz CT molecular complexity index is 684. The summed E-state index contributed by atoms with van der Waals surface area (Å²) in [5.41, 5.74) is 1.61. The number of benzene rings is 1. The fourth-order valence-corrected chi connectivity index (χ4v) is 2.45. The minimum Gasteiger partial charge on any atom is -0.335 e. The molecular formula is C15H16FN3O. The summed E-state index contributed by atoms with van der Waals surface area (Å²) >= 11 is 0. The number of hydrogen-bond acceptors (Lipinski definition) is 2. The molecule has 1 aromatic carbocycles. The van der Waals surface area contributed by atoms with Gasteiger partial charge in [0.25, 0.3) is 0 Å². The van der Waals surface area contributed by atoms with E-state index in [2.05, 4.69) is 10.3 Å². The van der Waals surface area contributed by atoms with Crippen LogP contribution in [0.1, 0.15) is 19.4 Å². The molecule has 0 bridgehead atoms. The molecule has 2 heterocycles. The number of rotatable bonds is 1. The van der Waals surface area contributed by atoms with Crippen molar-refractivity contribution in [3.63, 3.8) is 0 Å². The lowest BCUT2D eigenvalue weighted by molar-refractivity contribution is 0.244. The average molecular weight is 273 g/mol. The number of nitrogens with one attached hydrogen (secondary N) is 1. The summed E-state index contributed by atoms with van der Waals surface area (Å²) < 4.78 is 13.3. The first-order valence-corrected chi connectivity index (χ1v) is 6.72. The Morgan fingerprint density at radius 2 is 2.20 bits per heavy atom. The number of anilines is 1. The zero-order chi connectivity index (χ0) is 14.3. The second kappa shape index (κ2) is 4.74. The van der Waals surface area contributed by atoms with Crippen molar-refractivity contribution in [2.75, 3.05) is 11.4 Å². The Hall–Kier alpha value is -2.17. The molecule has 0 aliphatic carbocycles. The maximum Gasteiger partial charge on any atom is 0.323 e. The van der Waals surface area contributed by atoms with Gasteiger partial charge < -0.3 is 5.32 Å². The Morgan fingerprint density at radius 1 is 1.40 bits per heavy atom. The maximum absolute atomic E-state index is 13.3. The average Bonchev–Trinajstić information content (AvgIpc) is 2.78. The van der Waals surface area contributed by atoms with E-state index in [1.165, 1.54) is 12.1 Å². The first-order chi connectivity index (χ1) is 9.54. The van der Waals surface area contributed by atoms with Crippen molar-refractivity contribution >= 4 is 22.8 Å². The number of amides is 2. The van der Waals surface area contributed by atoms with Crippen molar-refractivity contribution in [1.29, 1.82) is 0 Å². The van der Waals surface area contributed by atoms with E-state index in [1.54, 1.807) is 11.0 Å². The molecule has 0 saturated heterocycles. The highest BCUT2D eigenvalue weighted by Crippen LogP contribution is 2.29. The number of hydrogen-bond donors (Lipinski definition) is 1. The maximum atomic E-state index is 13.3. The van der Waals surface area contributed by atoms with Crippen molar-refractivity contribution in [3.8, 4) is 0 Å². The van der Waals surface area contributed by atoms with Gasteiger partial charge in [-0.25, -0.2) is 14.2 Å². The predicted octanol–water partition coefficient (Wildman–Crippen LogP) is 2.85. The highest BCUT2D eigenvalue weighted by Gasteiger charge is 2.26. The lowest BCUT2D eigenvalue weighted by atomic mass is 10.1. The lowest BCUT2D eigenvalue weighted by Gasteiger charge is -2.19. The Morgan fingerprint density at radius 3 is 2.95 bits per heavy atom. The summed E-state index contributed by atoms with van der Waals surface area (Å²) in [5, 5.41) is 3.76. The molecule has 1 aliphatic rings. The van der Waals surface area contributed by atoms with E-state index in [1.807, 2.05) is 19.9 Å². The van der Waals surface area contributed by atoms with Crippen molar-refractivity contribution < 1.29 is 9.18 Å². The summed E-state index contributed by atoms with van der Waals surface area (Å²) in [6.07, 6.45) is 0.779. The highest BCUT2D eigenvalue weighted by molar-refractivity contribution is 5.95. The molecule has 0 fully saturated rings. The van der Waals surface area contributed by atoms with Crippen LogP contribution in [-0.2, 0) is 6.42 Å². The Kier molecular flexibility index (Phi) is 3.04. The van der Waals surface area contributed by atoms with E-state index >= 15 is 0 Å². The van der Waals surface area contributed by atoms with Crippen LogP contribution in [0.5, 0.6) is 0 Å². The van der Waals surface area contributed by atoms with Crippen LogP contribution in [0, 0.1) is 5.82 Å². The quantitative estimate of drug-likeness (QED) is 0.868. The lowest BCUT2D eigenvalue weighted by Crippen LogP contribution is -2.42. The number of fused-ring (bicyclic) bond motifs is 2. The number of urea groups is 1. The summed E-state index contributed by atoms with van der Waals surface area (Å²) in [6, 6.07) is 6.45. The van der Waals surface area contributed by atoms with Crippen molar-refractivity contribution in [2.24, 2.45) is 0 Å². The zero-order valence-corrected chi connectivity index (χ0v) is 11.5. The first kappa shape index (κ1) is 12.8. The SMILES string of the molecule is CC(C)NC(=O)N1CCc2cc3ccc(F)cc3nc21. The Labute approximate surface area is 116 Å². The minimum atomic E-state index is -0.318. The summed E-state index contributed by atoms with van der Waals surface area (Å²) in [5.74, 6) is 0.322. The van der Waals surface area contributed by atoms with Crippen LogP contribution in [0.3, 0.4) is 0 Å². The molecule has 0 atom stereocenters. The van der Waals surface area contributed by atoms with Crippen LogP contribution in [0.15, 0.2) is 24.3 Å². The minimum absolute atomic E-state index is 0.0736. The smallest absolute Gasteiger partial charge is 0.323 e. The molecule has 5 heteroatoms. The molecule has 0 unspecified atom stereocenters. The molecular weight excluding hydrogens is 257 g/mol. The number of pyridine rings is 1. The van der Waals surface area contributed by atoms with Crippen LogP contribution in [0.4, 0.5) is 15.0 Å². The Balaban J connectivity index is 2.02. The van der Waals surface area contributed by atoms with Crippen LogP contribution < -0.4 is 10.2 Å². The van der Waals surface area contributed by atoms with Gasteiger partial charge in [-0.15, -0.1) is 0 Å². The van der Waals surface area contributed by atoms with E-state index in [0.29, 0.717) is 17.9 Å². The van der Waals surface area contributed by atoms with Gasteiger partial charge in [0, 0.05) is 24.0 Å². The van der Waals surface area contributed by atoms with Gasteiger partial charge in [0.15, 0.2) is 0 Å². The molecule has 0 spiro atoms. The second-order valence-corrected chi connectivity index (χ2v) is 5.31. The molecule has 1 aliphatic heterocycles. The summed E-state index contributed by atoms with van der Waals surface area (Å²) in [6.45, 7) is 4.44. The molecule has 1 N–H and O–H groups in total. The number of nitrogens with zero attached hydrogens (tertiary/aromatic N) is 2. The summed E-state index contributed by atoms with van der Waals surface area (Å²) in [7, 11) is 0. The monoisotopic (exact) mass is 273 g/mol. The standard InChI is InChI=1S/C15H16FN3O/c1-9(2)17-15(20)19-6-5-11-7-10-3-4-12(16)8-13(10)18-14(11)19/h3-4,7-9H,5-6H2,1-2H3,(H,17,20). The van der Waals surface area contributed by atoms with Crippen molar-refractivity contribution in [3.05, 3.63) is 35.6 Å². The topological polar surface area (TPSA) is 45.2 Å². The largest absolute Gasteiger partial charge is 0.335 e. The van der Waals surface area contributed by atoms with Crippen LogP contribution in [0.25, 0.3) is 10.9 Å². The molecule has 4 nitrogen and oxygen atoms in total. The van der Waals surface area contributed by atoms with E-state index in [4.69, 9.17) is 0 Å². The van der Waals surface area contributed by atoms with Crippen LogP contribution >= 0.6 is 0 Å². The van der Waals surface area contributed by atoms with Gasteiger partial charge in [-0.2, -0.15) is 0 Å². The number of carbonyl (C=O) groups is 1. The third-order valence-electron chi connectivity index (χ3n) is 3.35. The van der Waals surface area contributed by atoms with Gasteiger partial charge in [-0.1, -0.05) is 0 Å². The molecule has 20 heavy (non-hydrogen) atoms.